The van der Waals surface area contributed by atoms with Gasteiger partial charge >= 0.3 is 7.60 Å². The monoisotopic (exact) mass is 234 g/mol. The van der Waals surface area contributed by atoms with Crippen LogP contribution in [-0.2, 0) is 18.4 Å². The zero-order valence-corrected chi connectivity index (χ0v) is 10.3. The summed E-state index contributed by atoms with van der Waals surface area (Å²) >= 11 is 0. The van der Waals surface area contributed by atoms with E-state index in [0.29, 0.717) is 38.9 Å². The van der Waals surface area contributed by atoms with Crippen molar-refractivity contribution in [3.8, 4) is 0 Å². The van der Waals surface area contributed by atoms with E-state index >= 15 is 0 Å². The van der Waals surface area contributed by atoms with Crippen LogP contribution in [0, 0.1) is 0 Å². The molecule has 0 aromatic heterocycles. The molecule has 0 radical (unpaired) electrons. The first-order valence-electron chi connectivity index (χ1n) is 5.53. The smallest absolute Gasteiger partial charge is 0.309 e. The Bertz CT molecular complexity index is 244. The average molecular weight is 234 g/mol. The first kappa shape index (κ1) is 12.9. The maximum absolute atomic E-state index is 12.3. The Hall–Kier alpha value is -0.180. The summed E-state index contributed by atoms with van der Waals surface area (Å²) in [5.74, 6) is 0.255. The van der Waals surface area contributed by atoms with Crippen molar-refractivity contribution in [2.75, 3.05) is 13.2 Å². The molecule has 4 nitrogen and oxygen atoms in total. The van der Waals surface area contributed by atoms with E-state index in [1.165, 1.54) is 0 Å². The third kappa shape index (κ3) is 3.40. The number of Topliss-reactive ketones (excluding diaryl/α,β-unsaturated/α-hetero) is 1. The first-order chi connectivity index (χ1) is 7.12. The molecule has 88 valence electrons. The Labute approximate surface area is 90.9 Å². The molecule has 1 aliphatic rings. The molecule has 0 N–H and O–H groups in total. The van der Waals surface area contributed by atoms with Crippen LogP contribution < -0.4 is 0 Å². The van der Waals surface area contributed by atoms with Crippen LogP contribution in [0.5, 0.6) is 0 Å². The van der Waals surface area contributed by atoms with Crippen molar-refractivity contribution >= 4 is 13.4 Å². The molecule has 5 heteroatoms. The van der Waals surface area contributed by atoms with Gasteiger partial charge in [-0.2, -0.15) is 0 Å². The topological polar surface area (TPSA) is 52.6 Å². The molecule has 1 saturated carbocycles. The van der Waals surface area contributed by atoms with Crippen molar-refractivity contribution in [1.82, 2.24) is 0 Å². The molecule has 0 amide bonds. The van der Waals surface area contributed by atoms with Crippen LogP contribution in [0.2, 0.25) is 0 Å². The largest absolute Gasteiger partial charge is 0.333 e. The third-order valence-electron chi connectivity index (χ3n) is 2.58. The van der Waals surface area contributed by atoms with Gasteiger partial charge in [-0.05, 0) is 26.7 Å². The highest BCUT2D eigenvalue weighted by Gasteiger charge is 2.37. The molecule has 0 spiro atoms. The van der Waals surface area contributed by atoms with E-state index < -0.39 is 7.60 Å². The molecule has 0 saturated heterocycles. The summed E-state index contributed by atoms with van der Waals surface area (Å²) in [5, 5.41) is 0. The zero-order chi connectivity index (χ0) is 11.3. The molecule has 0 aromatic rings. The predicted octanol–water partition coefficient (Wildman–Crippen LogP) is 2.76. The minimum Gasteiger partial charge on any atom is -0.309 e. The SMILES string of the molecule is CCOP(=O)(OCC)C1CCC(=O)CC1. The van der Waals surface area contributed by atoms with Gasteiger partial charge in [0.2, 0.25) is 0 Å². The maximum Gasteiger partial charge on any atom is 0.333 e. The minimum atomic E-state index is -2.97. The van der Waals surface area contributed by atoms with Gasteiger partial charge in [-0.1, -0.05) is 0 Å². The fourth-order valence-corrected chi connectivity index (χ4v) is 3.96. The summed E-state index contributed by atoms with van der Waals surface area (Å²) < 4.78 is 22.9. The number of ketones is 1. The van der Waals surface area contributed by atoms with Gasteiger partial charge in [-0.15, -0.1) is 0 Å². The lowest BCUT2D eigenvalue weighted by molar-refractivity contribution is -0.120. The standard InChI is InChI=1S/C10H19O4P/c1-3-13-15(12,14-4-2)10-7-5-9(11)6-8-10/h10H,3-8H2,1-2H3. The zero-order valence-electron chi connectivity index (χ0n) is 9.40. The summed E-state index contributed by atoms with van der Waals surface area (Å²) in [6, 6.07) is 0. The molecule has 1 rings (SSSR count). The number of hydrogen-bond acceptors (Lipinski definition) is 4. The minimum absolute atomic E-state index is 0.0879. The van der Waals surface area contributed by atoms with Crippen LogP contribution in [0.4, 0.5) is 0 Å². The van der Waals surface area contributed by atoms with Crippen molar-refractivity contribution in [3.05, 3.63) is 0 Å². The second-order valence-electron chi connectivity index (χ2n) is 3.65. The van der Waals surface area contributed by atoms with Crippen LogP contribution in [0.3, 0.4) is 0 Å². The highest BCUT2D eigenvalue weighted by atomic mass is 31.2. The van der Waals surface area contributed by atoms with Crippen LogP contribution in [0.25, 0.3) is 0 Å². The normalized spacial score (nSPS) is 19.5. The molecule has 0 bridgehead atoms. The van der Waals surface area contributed by atoms with E-state index in [4.69, 9.17) is 9.05 Å². The van der Waals surface area contributed by atoms with Gasteiger partial charge < -0.3 is 9.05 Å². The number of rotatable bonds is 5. The lowest BCUT2D eigenvalue weighted by atomic mass is 9.99. The lowest BCUT2D eigenvalue weighted by Gasteiger charge is -2.28. The molecule has 0 heterocycles. The van der Waals surface area contributed by atoms with Crippen LogP contribution in [0.1, 0.15) is 39.5 Å². The number of carbonyl (C=O) groups is 1. The van der Waals surface area contributed by atoms with E-state index in [-0.39, 0.29) is 11.4 Å². The summed E-state index contributed by atoms with van der Waals surface area (Å²) in [6.07, 6.45) is 2.29. The quantitative estimate of drug-likeness (QED) is 0.686. The number of carbonyl (C=O) groups excluding carboxylic acids is 1. The van der Waals surface area contributed by atoms with Crippen LogP contribution in [0.15, 0.2) is 0 Å². The summed E-state index contributed by atoms with van der Waals surface area (Å²) in [4.78, 5) is 11.1. The Morgan fingerprint density at radius 1 is 1.20 bits per heavy atom. The van der Waals surface area contributed by atoms with E-state index in [1.807, 2.05) is 0 Å². The lowest BCUT2D eigenvalue weighted by Crippen LogP contribution is -2.21. The van der Waals surface area contributed by atoms with Crippen LogP contribution >= 0.6 is 7.60 Å². The van der Waals surface area contributed by atoms with Crippen molar-refractivity contribution in [1.29, 1.82) is 0 Å². The molecule has 0 atom stereocenters. The Morgan fingerprint density at radius 3 is 2.07 bits per heavy atom. The van der Waals surface area contributed by atoms with Gasteiger partial charge in [0.05, 0.1) is 18.9 Å². The second-order valence-corrected chi connectivity index (χ2v) is 5.97. The van der Waals surface area contributed by atoms with E-state index in [0.717, 1.165) is 0 Å². The van der Waals surface area contributed by atoms with E-state index in [2.05, 4.69) is 0 Å². The predicted molar refractivity (Wildman–Crippen MR) is 58.1 cm³/mol. The molecule has 1 fully saturated rings. The van der Waals surface area contributed by atoms with Gasteiger partial charge in [0.1, 0.15) is 5.78 Å². The summed E-state index contributed by atoms with van der Waals surface area (Å²) in [6.45, 7) is 4.39. The maximum atomic E-state index is 12.3. The Morgan fingerprint density at radius 2 is 1.67 bits per heavy atom. The molecule has 0 unspecified atom stereocenters. The second kappa shape index (κ2) is 5.78. The molecule has 0 aliphatic heterocycles. The average Bonchev–Trinajstić information content (AvgIpc) is 2.19. The Kier molecular flexibility index (Phi) is 4.97. The van der Waals surface area contributed by atoms with E-state index in [1.54, 1.807) is 13.8 Å². The van der Waals surface area contributed by atoms with Gasteiger partial charge in [0.15, 0.2) is 0 Å². The Balaban J connectivity index is 2.63. The van der Waals surface area contributed by atoms with Crippen molar-refractivity contribution in [2.45, 2.75) is 45.2 Å². The molecule has 15 heavy (non-hydrogen) atoms. The molecular formula is C10H19O4P. The van der Waals surface area contributed by atoms with Crippen molar-refractivity contribution in [2.24, 2.45) is 0 Å². The summed E-state index contributed by atoms with van der Waals surface area (Å²) in [5.41, 5.74) is -0.0879. The van der Waals surface area contributed by atoms with E-state index in [9.17, 15) is 9.36 Å². The first-order valence-corrected chi connectivity index (χ1v) is 7.14. The van der Waals surface area contributed by atoms with Crippen LogP contribution in [-0.4, -0.2) is 24.7 Å². The fraction of sp³-hybridized carbons (Fsp3) is 0.900. The third-order valence-corrected chi connectivity index (χ3v) is 5.23. The molecule has 1 aliphatic carbocycles. The van der Waals surface area contributed by atoms with Crippen molar-refractivity contribution in [3.63, 3.8) is 0 Å². The van der Waals surface area contributed by atoms with Gasteiger partial charge in [-0.3, -0.25) is 9.36 Å². The fourth-order valence-electron chi connectivity index (χ4n) is 1.85. The highest BCUT2D eigenvalue weighted by Crippen LogP contribution is 2.56. The highest BCUT2D eigenvalue weighted by molar-refractivity contribution is 7.54. The molecular weight excluding hydrogens is 215 g/mol. The molecule has 0 aromatic carbocycles. The van der Waals surface area contributed by atoms with Gasteiger partial charge in [0.25, 0.3) is 0 Å². The summed E-state index contributed by atoms with van der Waals surface area (Å²) in [7, 11) is -2.97. The van der Waals surface area contributed by atoms with Gasteiger partial charge in [-0.25, -0.2) is 0 Å². The number of hydrogen-bond donors (Lipinski definition) is 0. The van der Waals surface area contributed by atoms with Crippen molar-refractivity contribution < 1.29 is 18.4 Å². The van der Waals surface area contributed by atoms with Gasteiger partial charge in [0, 0.05) is 12.8 Å².